The fraction of sp³-hybridized carbons (Fsp3) is 0.235. The molecular formula is C17H17N3OS. The molecule has 2 heterocycles. The molecule has 0 unspecified atom stereocenters. The smallest absolute Gasteiger partial charge is 0.267 e. The first-order valence-electron chi connectivity index (χ1n) is 7.18. The average molecular weight is 311 g/mol. The number of rotatable bonds is 3. The molecule has 0 radical (unpaired) electrons. The van der Waals surface area contributed by atoms with E-state index < -0.39 is 0 Å². The zero-order valence-electron chi connectivity index (χ0n) is 12.8. The summed E-state index contributed by atoms with van der Waals surface area (Å²) < 4.78 is 1.63. The van der Waals surface area contributed by atoms with Gasteiger partial charge in [-0.05, 0) is 30.7 Å². The molecule has 22 heavy (non-hydrogen) atoms. The number of fused-ring (bicyclic) bond motifs is 1. The highest BCUT2D eigenvalue weighted by atomic mass is 32.2. The molecule has 3 rings (SSSR count). The van der Waals surface area contributed by atoms with Gasteiger partial charge < -0.3 is 0 Å². The topological polar surface area (TPSA) is 47.8 Å². The lowest BCUT2D eigenvalue weighted by atomic mass is 10.2. The summed E-state index contributed by atoms with van der Waals surface area (Å²) >= 11 is 1.57. The molecule has 0 N–H and O–H groups in total. The van der Waals surface area contributed by atoms with Crippen molar-refractivity contribution in [2.45, 2.75) is 31.2 Å². The molecule has 5 heteroatoms. The van der Waals surface area contributed by atoms with Gasteiger partial charge in [-0.15, -0.1) is 0 Å². The predicted octanol–water partition coefficient (Wildman–Crippen LogP) is 3.59. The fourth-order valence-electron chi connectivity index (χ4n) is 2.30. The lowest BCUT2D eigenvalue weighted by molar-refractivity contribution is 0.786. The Balaban J connectivity index is 2.38. The summed E-state index contributed by atoms with van der Waals surface area (Å²) in [5.74, 6) is 0.647. The zero-order chi connectivity index (χ0) is 15.7. The highest BCUT2D eigenvalue weighted by molar-refractivity contribution is 7.99. The maximum atomic E-state index is 13.0. The molecule has 0 fully saturated rings. The summed E-state index contributed by atoms with van der Waals surface area (Å²) in [6.45, 7) is 6.12. The largest absolute Gasteiger partial charge is 0.268 e. The van der Waals surface area contributed by atoms with E-state index in [0.717, 1.165) is 11.1 Å². The highest BCUT2D eigenvalue weighted by Gasteiger charge is 2.16. The van der Waals surface area contributed by atoms with Gasteiger partial charge in [0.15, 0.2) is 5.16 Å². The molecule has 0 saturated heterocycles. The molecule has 0 saturated carbocycles. The van der Waals surface area contributed by atoms with Crippen molar-refractivity contribution in [1.82, 2.24) is 14.5 Å². The van der Waals surface area contributed by atoms with Crippen LogP contribution in [0.2, 0.25) is 0 Å². The van der Waals surface area contributed by atoms with E-state index in [2.05, 4.69) is 23.8 Å². The predicted molar refractivity (Wildman–Crippen MR) is 90.9 cm³/mol. The molecule has 0 spiro atoms. The van der Waals surface area contributed by atoms with Crippen LogP contribution in [0.3, 0.4) is 0 Å². The van der Waals surface area contributed by atoms with E-state index in [9.17, 15) is 4.79 Å². The second-order valence-corrected chi connectivity index (χ2v) is 6.91. The second-order valence-electron chi connectivity index (χ2n) is 5.36. The Bertz CT molecular complexity index is 886. The molecule has 0 bridgehead atoms. The summed E-state index contributed by atoms with van der Waals surface area (Å²) in [4.78, 5) is 22.0. The van der Waals surface area contributed by atoms with Crippen LogP contribution in [0.1, 0.15) is 19.4 Å². The lowest BCUT2D eigenvalue weighted by Crippen LogP contribution is -2.23. The van der Waals surface area contributed by atoms with Crippen molar-refractivity contribution in [3.63, 3.8) is 0 Å². The van der Waals surface area contributed by atoms with Crippen LogP contribution in [0.4, 0.5) is 0 Å². The second kappa shape index (κ2) is 5.93. The quantitative estimate of drug-likeness (QED) is 0.548. The van der Waals surface area contributed by atoms with Gasteiger partial charge in [-0.3, -0.25) is 4.79 Å². The first-order valence-corrected chi connectivity index (χ1v) is 8.06. The van der Waals surface area contributed by atoms with E-state index in [1.807, 2.05) is 43.3 Å². The van der Waals surface area contributed by atoms with Crippen LogP contribution in [0, 0.1) is 6.92 Å². The van der Waals surface area contributed by atoms with Gasteiger partial charge >= 0.3 is 0 Å². The van der Waals surface area contributed by atoms with E-state index in [4.69, 9.17) is 0 Å². The van der Waals surface area contributed by atoms with Gasteiger partial charge in [0.2, 0.25) is 0 Å². The van der Waals surface area contributed by atoms with Crippen LogP contribution in [0.15, 0.2) is 52.5 Å². The van der Waals surface area contributed by atoms with Crippen LogP contribution < -0.4 is 5.56 Å². The molecule has 2 aromatic heterocycles. The molecular weight excluding hydrogens is 294 g/mol. The van der Waals surface area contributed by atoms with Crippen LogP contribution >= 0.6 is 11.8 Å². The molecule has 1 aromatic carbocycles. The minimum absolute atomic E-state index is 0.0736. The normalized spacial score (nSPS) is 11.3. The molecule has 0 aliphatic carbocycles. The van der Waals surface area contributed by atoms with Crippen LogP contribution in [-0.2, 0) is 0 Å². The number of thioether (sulfide) groups is 1. The average Bonchev–Trinajstić information content (AvgIpc) is 2.48. The molecule has 112 valence electrons. The Labute approximate surface area is 133 Å². The Kier molecular flexibility index (Phi) is 3.98. The first-order chi connectivity index (χ1) is 10.6. The number of hydrogen-bond donors (Lipinski definition) is 0. The van der Waals surface area contributed by atoms with Gasteiger partial charge in [-0.1, -0.05) is 43.8 Å². The third-order valence-electron chi connectivity index (χ3n) is 3.28. The number of para-hydroxylation sites is 1. The van der Waals surface area contributed by atoms with E-state index in [0.29, 0.717) is 21.6 Å². The van der Waals surface area contributed by atoms with Gasteiger partial charge in [0.25, 0.3) is 5.56 Å². The number of aromatic nitrogens is 3. The third-order valence-corrected chi connectivity index (χ3v) is 4.24. The van der Waals surface area contributed by atoms with E-state index in [-0.39, 0.29) is 5.56 Å². The number of benzene rings is 1. The maximum Gasteiger partial charge on any atom is 0.267 e. The maximum absolute atomic E-state index is 13.0. The van der Waals surface area contributed by atoms with Crippen molar-refractivity contribution >= 4 is 22.7 Å². The molecule has 0 amide bonds. The fourth-order valence-corrected chi connectivity index (χ4v) is 3.15. The van der Waals surface area contributed by atoms with Crippen molar-refractivity contribution in [3.8, 4) is 5.82 Å². The lowest BCUT2D eigenvalue weighted by Gasteiger charge is -2.15. The SMILES string of the molecule is Cc1cccnc1-n1c(SC(C)C)nc2ccccc2c1=O. The highest BCUT2D eigenvalue weighted by Crippen LogP contribution is 2.24. The van der Waals surface area contributed by atoms with Crippen LogP contribution in [0.5, 0.6) is 0 Å². The van der Waals surface area contributed by atoms with Gasteiger partial charge in [0, 0.05) is 11.4 Å². The summed E-state index contributed by atoms with van der Waals surface area (Å²) in [7, 11) is 0. The van der Waals surface area contributed by atoms with E-state index in [1.54, 1.807) is 22.5 Å². The molecule has 0 aliphatic heterocycles. The minimum atomic E-state index is -0.0736. The van der Waals surface area contributed by atoms with Crippen molar-refractivity contribution in [2.24, 2.45) is 0 Å². The van der Waals surface area contributed by atoms with Crippen molar-refractivity contribution in [2.75, 3.05) is 0 Å². The number of pyridine rings is 1. The Morgan fingerprint density at radius 3 is 2.64 bits per heavy atom. The van der Waals surface area contributed by atoms with Crippen molar-refractivity contribution in [1.29, 1.82) is 0 Å². The molecule has 4 nitrogen and oxygen atoms in total. The zero-order valence-corrected chi connectivity index (χ0v) is 13.6. The Morgan fingerprint density at radius 2 is 1.91 bits per heavy atom. The van der Waals surface area contributed by atoms with Gasteiger partial charge in [0.05, 0.1) is 10.9 Å². The summed E-state index contributed by atoms with van der Waals surface area (Å²) in [5.41, 5.74) is 1.60. The Morgan fingerprint density at radius 1 is 1.14 bits per heavy atom. The Hall–Kier alpha value is -2.14. The monoisotopic (exact) mass is 311 g/mol. The summed E-state index contributed by atoms with van der Waals surface area (Å²) in [6.07, 6.45) is 1.70. The van der Waals surface area contributed by atoms with E-state index in [1.165, 1.54) is 0 Å². The number of aryl methyl sites for hydroxylation is 1. The molecule has 0 aliphatic rings. The number of nitrogens with zero attached hydrogens (tertiary/aromatic N) is 3. The third kappa shape index (κ3) is 2.64. The standard InChI is InChI=1S/C17H17N3OS/c1-11(2)22-17-19-14-9-5-4-8-13(14)16(21)20(17)15-12(3)7-6-10-18-15/h4-11H,1-3H3. The minimum Gasteiger partial charge on any atom is -0.268 e. The van der Waals surface area contributed by atoms with E-state index >= 15 is 0 Å². The van der Waals surface area contributed by atoms with Crippen LogP contribution in [-0.4, -0.2) is 19.8 Å². The van der Waals surface area contributed by atoms with Crippen molar-refractivity contribution < 1.29 is 0 Å². The summed E-state index contributed by atoms with van der Waals surface area (Å²) in [6, 6.07) is 11.3. The van der Waals surface area contributed by atoms with Gasteiger partial charge in [-0.25, -0.2) is 14.5 Å². The van der Waals surface area contributed by atoms with Crippen LogP contribution in [0.25, 0.3) is 16.7 Å². The first kappa shape index (κ1) is 14.8. The van der Waals surface area contributed by atoms with Gasteiger partial charge in [-0.2, -0.15) is 0 Å². The number of hydrogen-bond acceptors (Lipinski definition) is 4. The molecule has 0 atom stereocenters. The van der Waals surface area contributed by atoms with Crippen molar-refractivity contribution in [3.05, 3.63) is 58.5 Å². The molecule has 3 aromatic rings. The summed E-state index contributed by atoms with van der Waals surface area (Å²) in [5, 5.41) is 1.62. The van der Waals surface area contributed by atoms with Gasteiger partial charge in [0.1, 0.15) is 5.82 Å².